The molecule has 0 heterocycles. The fourth-order valence-electron chi connectivity index (χ4n) is 0.931. The van der Waals surface area contributed by atoms with E-state index in [2.05, 4.69) is 4.84 Å². The molecule has 0 spiro atoms. The fraction of sp³-hybridized carbons (Fsp3) is 0.250. The van der Waals surface area contributed by atoms with Crippen molar-refractivity contribution in [1.29, 1.82) is 0 Å². The Balaban J connectivity index is 3.07. The van der Waals surface area contributed by atoms with Crippen molar-refractivity contribution < 1.29 is 13.6 Å². The summed E-state index contributed by atoms with van der Waals surface area (Å²) in [7, 11) is 0. The maximum Gasteiger partial charge on any atom is 0.172 e. The third-order valence-electron chi connectivity index (χ3n) is 1.59. The molecule has 0 fully saturated rings. The minimum Gasteiger partial charge on any atom is -0.300 e. The summed E-state index contributed by atoms with van der Waals surface area (Å²) >= 11 is 1.15. The van der Waals surface area contributed by atoms with E-state index in [1.165, 1.54) is 12.1 Å². The lowest BCUT2D eigenvalue weighted by Gasteiger charge is -2.04. The smallest absolute Gasteiger partial charge is 0.172 e. The van der Waals surface area contributed by atoms with Gasteiger partial charge in [-0.1, -0.05) is 6.07 Å². The van der Waals surface area contributed by atoms with Crippen LogP contribution in [0.25, 0.3) is 0 Å². The molecule has 0 aliphatic carbocycles. The molecule has 72 valence electrons. The first-order valence-electron chi connectivity index (χ1n) is 3.53. The number of halogens is 2. The van der Waals surface area contributed by atoms with Gasteiger partial charge in [-0.05, 0) is 12.3 Å². The summed E-state index contributed by atoms with van der Waals surface area (Å²) in [6, 6.07) is 2.95. The van der Waals surface area contributed by atoms with Crippen molar-refractivity contribution in [3.8, 4) is 0 Å². The number of rotatable bonds is 3. The highest BCUT2D eigenvalue weighted by Gasteiger charge is 2.12. The number of nitrogens with two attached hydrogens (primary N) is 1. The molecule has 0 atom stereocenters. The first-order valence-corrected chi connectivity index (χ1v) is 4.75. The van der Waals surface area contributed by atoms with Crippen LogP contribution in [0, 0.1) is 11.6 Å². The van der Waals surface area contributed by atoms with Gasteiger partial charge >= 0.3 is 0 Å². The summed E-state index contributed by atoms with van der Waals surface area (Å²) in [4.78, 5) is 4.50. The van der Waals surface area contributed by atoms with E-state index in [1.54, 1.807) is 6.26 Å². The number of benzene rings is 1. The maximum atomic E-state index is 13.1. The summed E-state index contributed by atoms with van der Waals surface area (Å²) < 4.78 is 26.2. The largest absolute Gasteiger partial charge is 0.300 e. The number of hydrogen-bond acceptors (Lipinski definition) is 3. The highest BCUT2D eigenvalue weighted by atomic mass is 32.2. The zero-order valence-corrected chi connectivity index (χ0v) is 7.83. The Hall–Kier alpha value is -0.650. The third-order valence-corrected chi connectivity index (χ3v) is 2.34. The number of hydrogen-bond donors (Lipinski definition) is 1. The fourth-order valence-corrected chi connectivity index (χ4v) is 1.40. The van der Waals surface area contributed by atoms with E-state index in [0.717, 1.165) is 11.8 Å². The molecule has 0 aliphatic heterocycles. The molecule has 0 radical (unpaired) electrons. The zero-order valence-electron chi connectivity index (χ0n) is 7.01. The molecule has 1 aromatic rings. The van der Waals surface area contributed by atoms with E-state index in [-0.39, 0.29) is 17.1 Å². The zero-order chi connectivity index (χ0) is 9.84. The Bertz CT molecular complexity index is 306. The molecule has 0 saturated heterocycles. The Labute approximate surface area is 79.0 Å². The monoisotopic (exact) mass is 205 g/mol. The van der Waals surface area contributed by atoms with Crippen LogP contribution in [0.15, 0.2) is 17.0 Å². The lowest BCUT2D eigenvalue weighted by atomic mass is 10.2. The van der Waals surface area contributed by atoms with Gasteiger partial charge in [-0.15, -0.1) is 11.8 Å². The second-order valence-corrected chi connectivity index (χ2v) is 3.21. The molecule has 5 heteroatoms. The molecule has 0 saturated carbocycles. The van der Waals surface area contributed by atoms with Gasteiger partial charge in [0.1, 0.15) is 0 Å². The molecule has 13 heavy (non-hydrogen) atoms. The van der Waals surface area contributed by atoms with Crippen LogP contribution in [0.5, 0.6) is 0 Å². The molecule has 1 rings (SSSR count). The van der Waals surface area contributed by atoms with Crippen LogP contribution in [0.1, 0.15) is 5.56 Å². The lowest BCUT2D eigenvalue weighted by molar-refractivity contribution is 0.121. The summed E-state index contributed by atoms with van der Waals surface area (Å²) in [6.45, 7) is -0.128. The van der Waals surface area contributed by atoms with E-state index < -0.39 is 11.6 Å². The summed E-state index contributed by atoms with van der Waals surface area (Å²) in [5.41, 5.74) is 0.123. The molecular weight excluding hydrogens is 196 g/mol. The summed E-state index contributed by atoms with van der Waals surface area (Å²) in [6.07, 6.45) is 1.68. The Morgan fingerprint density at radius 2 is 2.08 bits per heavy atom. The van der Waals surface area contributed by atoms with Crippen LogP contribution >= 0.6 is 11.8 Å². The van der Waals surface area contributed by atoms with Gasteiger partial charge in [-0.25, -0.2) is 14.7 Å². The van der Waals surface area contributed by atoms with Crippen molar-refractivity contribution in [1.82, 2.24) is 0 Å². The van der Waals surface area contributed by atoms with Gasteiger partial charge < -0.3 is 0 Å². The van der Waals surface area contributed by atoms with Crippen LogP contribution in [0.2, 0.25) is 0 Å². The van der Waals surface area contributed by atoms with E-state index in [0.29, 0.717) is 0 Å². The lowest BCUT2D eigenvalue weighted by Crippen LogP contribution is -2.03. The van der Waals surface area contributed by atoms with Crippen molar-refractivity contribution in [2.75, 3.05) is 6.26 Å². The van der Waals surface area contributed by atoms with Crippen LogP contribution in [-0.2, 0) is 11.4 Å². The predicted molar refractivity (Wildman–Crippen MR) is 47.1 cm³/mol. The standard InChI is InChI=1S/C8H9F2NOS/c1-13-6-3-2-5(4-12-11)7(9)8(6)10/h2-3H,4,11H2,1H3. The Kier molecular flexibility index (Phi) is 3.65. The van der Waals surface area contributed by atoms with Gasteiger partial charge in [0.2, 0.25) is 0 Å². The highest BCUT2D eigenvalue weighted by molar-refractivity contribution is 7.98. The molecule has 0 aromatic heterocycles. The van der Waals surface area contributed by atoms with Gasteiger partial charge in [0.25, 0.3) is 0 Å². The second kappa shape index (κ2) is 4.55. The minimum atomic E-state index is -0.891. The minimum absolute atomic E-state index is 0.123. The normalized spacial score (nSPS) is 10.5. The van der Waals surface area contributed by atoms with E-state index in [1.807, 2.05) is 0 Å². The van der Waals surface area contributed by atoms with Gasteiger partial charge in [-0.3, -0.25) is 4.84 Å². The molecule has 1 aromatic carbocycles. The van der Waals surface area contributed by atoms with Crippen molar-refractivity contribution in [3.05, 3.63) is 29.3 Å². The predicted octanol–water partition coefficient (Wildman–Crippen LogP) is 2.08. The van der Waals surface area contributed by atoms with Gasteiger partial charge in [-0.2, -0.15) is 0 Å². The van der Waals surface area contributed by atoms with Crippen LogP contribution in [0.4, 0.5) is 8.78 Å². The Morgan fingerprint density at radius 3 is 2.62 bits per heavy atom. The molecule has 0 aliphatic rings. The molecule has 2 N–H and O–H groups in total. The molecule has 2 nitrogen and oxygen atoms in total. The number of thioether (sulfide) groups is 1. The van der Waals surface area contributed by atoms with Crippen LogP contribution in [-0.4, -0.2) is 6.26 Å². The van der Waals surface area contributed by atoms with E-state index in [4.69, 9.17) is 5.90 Å². The van der Waals surface area contributed by atoms with Crippen molar-refractivity contribution in [2.45, 2.75) is 11.5 Å². The van der Waals surface area contributed by atoms with Gasteiger partial charge in [0, 0.05) is 10.5 Å². The van der Waals surface area contributed by atoms with Crippen LogP contribution in [0.3, 0.4) is 0 Å². The first kappa shape index (κ1) is 10.4. The average Bonchev–Trinajstić information content (AvgIpc) is 2.14. The molecule has 0 bridgehead atoms. The molecular formula is C8H9F2NOS. The van der Waals surface area contributed by atoms with E-state index in [9.17, 15) is 8.78 Å². The topological polar surface area (TPSA) is 35.2 Å². The Morgan fingerprint density at radius 1 is 1.38 bits per heavy atom. The van der Waals surface area contributed by atoms with Crippen molar-refractivity contribution >= 4 is 11.8 Å². The average molecular weight is 205 g/mol. The third kappa shape index (κ3) is 2.18. The molecule has 0 amide bonds. The first-order chi connectivity index (χ1) is 6.20. The highest BCUT2D eigenvalue weighted by Crippen LogP contribution is 2.23. The van der Waals surface area contributed by atoms with Gasteiger partial charge in [0.05, 0.1) is 6.61 Å². The summed E-state index contributed by atoms with van der Waals surface area (Å²) in [5.74, 6) is 3.02. The second-order valence-electron chi connectivity index (χ2n) is 2.37. The van der Waals surface area contributed by atoms with Crippen molar-refractivity contribution in [3.63, 3.8) is 0 Å². The molecule has 0 unspecified atom stereocenters. The van der Waals surface area contributed by atoms with E-state index >= 15 is 0 Å². The van der Waals surface area contributed by atoms with Crippen molar-refractivity contribution in [2.24, 2.45) is 5.90 Å². The quantitative estimate of drug-likeness (QED) is 0.606. The summed E-state index contributed by atoms with van der Waals surface area (Å²) in [5, 5.41) is 0. The van der Waals surface area contributed by atoms with Gasteiger partial charge in [0.15, 0.2) is 11.6 Å². The maximum absolute atomic E-state index is 13.1. The SMILES string of the molecule is CSc1ccc(CON)c(F)c1F. The van der Waals surface area contributed by atoms with Crippen LogP contribution < -0.4 is 5.90 Å².